The molecule has 0 saturated carbocycles. The van der Waals surface area contributed by atoms with Crippen LogP contribution in [0.3, 0.4) is 0 Å². The van der Waals surface area contributed by atoms with Gasteiger partial charge < -0.3 is 20.5 Å². The fraction of sp³-hybridized carbons (Fsp3) is 0.238. The molecule has 11 heteroatoms. The largest absolute Gasteiger partial charge is 0.473 e. The highest BCUT2D eigenvalue weighted by Gasteiger charge is 2.33. The van der Waals surface area contributed by atoms with E-state index in [2.05, 4.69) is 20.3 Å². The summed E-state index contributed by atoms with van der Waals surface area (Å²) < 4.78 is 50.8. The molecular weight excluding hydrogens is 427 g/mol. The molecule has 3 aromatic rings. The van der Waals surface area contributed by atoms with Gasteiger partial charge in [0, 0.05) is 18.3 Å². The first kappa shape index (κ1) is 22.8. The van der Waals surface area contributed by atoms with Crippen LogP contribution in [0.1, 0.15) is 11.4 Å². The summed E-state index contributed by atoms with van der Waals surface area (Å²) in [6.45, 7) is 1.23. The number of carbonyl (C=O) groups is 1. The summed E-state index contributed by atoms with van der Waals surface area (Å²) in [5.74, 6) is -0.174. The molecular formula is C21H20F3N5O3. The Morgan fingerprint density at radius 2 is 1.78 bits per heavy atom. The number of aromatic nitrogens is 3. The minimum Gasteiger partial charge on any atom is -0.473 e. The van der Waals surface area contributed by atoms with Crippen LogP contribution < -0.4 is 15.8 Å². The predicted molar refractivity (Wildman–Crippen MR) is 111 cm³/mol. The third-order valence-corrected chi connectivity index (χ3v) is 4.23. The number of benzene rings is 1. The van der Waals surface area contributed by atoms with E-state index in [0.29, 0.717) is 11.3 Å². The van der Waals surface area contributed by atoms with Gasteiger partial charge in [-0.1, -0.05) is 30.3 Å². The molecule has 8 nitrogen and oxygen atoms in total. The molecule has 0 atom stereocenters. The highest BCUT2D eigenvalue weighted by atomic mass is 19.4. The van der Waals surface area contributed by atoms with Crippen LogP contribution in [0.4, 0.5) is 23.9 Å². The molecule has 0 spiro atoms. The van der Waals surface area contributed by atoms with E-state index in [1.165, 1.54) is 20.0 Å². The number of aryl methyl sites for hydroxylation is 1. The quantitative estimate of drug-likeness (QED) is 0.552. The Morgan fingerprint density at radius 3 is 2.44 bits per heavy atom. The Labute approximate surface area is 181 Å². The van der Waals surface area contributed by atoms with E-state index in [1.54, 1.807) is 30.3 Å². The third kappa shape index (κ3) is 5.42. The molecule has 0 unspecified atom stereocenters. The maximum absolute atomic E-state index is 13.4. The van der Waals surface area contributed by atoms with E-state index < -0.39 is 18.0 Å². The van der Waals surface area contributed by atoms with Crippen LogP contribution in [0.5, 0.6) is 5.88 Å². The predicted octanol–water partition coefficient (Wildman–Crippen LogP) is 3.85. The van der Waals surface area contributed by atoms with Gasteiger partial charge in [-0.25, -0.2) is 14.8 Å². The minimum atomic E-state index is -4.65. The summed E-state index contributed by atoms with van der Waals surface area (Å²) in [6, 6.07) is 11.2. The Hall–Kier alpha value is -3.89. The molecule has 0 aliphatic carbocycles. The molecule has 3 N–H and O–H groups in total. The first-order chi connectivity index (χ1) is 15.2. The number of ether oxygens (including phenoxy) is 2. The summed E-state index contributed by atoms with van der Waals surface area (Å²) in [5, 5.41) is 2.29. The van der Waals surface area contributed by atoms with E-state index >= 15 is 0 Å². The Morgan fingerprint density at radius 1 is 1.06 bits per heavy atom. The summed E-state index contributed by atoms with van der Waals surface area (Å²) in [7, 11) is 1.41. The van der Waals surface area contributed by atoms with Crippen molar-refractivity contribution in [3.8, 4) is 28.3 Å². The van der Waals surface area contributed by atoms with Crippen LogP contribution in [0.15, 0.2) is 42.5 Å². The van der Waals surface area contributed by atoms with Crippen molar-refractivity contribution in [2.24, 2.45) is 0 Å². The van der Waals surface area contributed by atoms with Gasteiger partial charge in [0.2, 0.25) is 11.8 Å². The van der Waals surface area contributed by atoms with Gasteiger partial charge in [-0.2, -0.15) is 18.2 Å². The van der Waals surface area contributed by atoms with Crippen LogP contribution in [0.2, 0.25) is 0 Å². The summed E-state index contributed by atoms with van der Waals surface area (Å²) >= 11 is 0. The summed E-state index contributed by atoms with van der Waals surface area (Å²) in [6.07, 6.45) is -5.30. The lowest BCUT2D eigenvalue weighted by atomic mass is 9.99. The minimum absolute atomic E-state index is 0.0458. The average molecular weight is 447 g/mol. The van der Waals surface area contributed by atoms with Crippen LogP contribution >= 0.6 is 0 Å². The molecule has 0 aliphatic heterocycles. The number of rotatable bonds is 6. The van der Waals surface area contributed by atoms with E-state index in [-0.39, 0.29) is 41.9 Å². The van der Waals surface area contributed by atoms with Crippen molar-refractivity contribution in [2.45, 2.75) is 13.1 Å². The van der Waals surface area contributed by atoms with E-state index in [4.69, 9.17) is 15.2 Å². The van der Waals surface area contributed by atoms with E-state index in [9.17, 15) is 18.0 Å². The molecule has 3 rings (SSSR count). The van der Waals surface area contributed by atoms with Gasteiger partial charge in [0.25, 0.3) is 0 Å². The molecule has 168 valence electrons. The number of halogens is 3. The van der Waals surface area contributed by atoms with Crippen molar-refractivity contribution in [3.63, 3.8) is 0 Å². The normalized spacial score (nSPS) is 11.2. The number of hydrogen-bond acceptors (Lipinski definition) is 7. The molecule has 0 radical (unpaired) electrons. The third-order valence-electron chi connectivity index (χ3n) is 4.23. The van der Waals surface area contributed by atoms with E-state index in [1.807, 2.05) is 0 Å². The number of nitrogens with zero attached hydrogens (tertiary/aromatic N) is 3. The molecule has 0 bridgehead atoms. The Balaban J connectivity index is 2.13. The van der Waals surface area contributed by atoms with Gasteiger partial charge in [-0.15, -0.1) is 0 Å². The monoisotopic (exact) mass is 447 g/mol. The second kappa shape index (κ2) is 9.50. The first-order valence-corrected chi connectivity index (χ1v) is 9.45. The van der Waals surface area contributed by atoms with Gasteiger partial charge >= 0.3 is 12.3 Å². The zero-order valence-corrected chi connectivity index (χ0v) is 17.2. The summed E-state index contributed by atoms with van der Waals surface area (Å²) in [5.41, 5.74) is 6.21. The Bertz CT molecular complexity index is 1110. The zero-order valence-electron chi connectivity index (χ0n) is 17.2. The molecule has 2 heterocycles. The number of pyridine rings is 1. The van der Waals surface area contributed by atoms with Gasteiger partial charge in [0.15, 0.2) is 0 Å². The number of amides is 1. The van der Waals surface area contributed by atoms with Gasteiger partial charge in [0.1, 0.15) is 18.9 Å². The van der Waals surface area contributed by atoms with Crippen molar-refractivity contribution < 1.29 is 27.4 Å². The first-order valence-electron chi connectivity index (χ1n) is 9.45. The van der Waals surface area contributed by atoms with Crippen LogP contribution in [-0.2, 0) is 10.9 Å². The highest BCUT2D eigenvalue weighted by Crippen LogP contribution is 2.40. The summed E-state index contributed by atoms with van der Waals surface area (Å²) in [4.78, 5) is 23.2. The molecule has 0 aliphatic rings. The van der Waals surface area contributed by atoms with Crippen molar-refractivity contribution >= 4 is 12.0 Å². The standard InChI is InChI=1S/C21H20F3N5O3/c1-12-10-14(11-15(27-12)21(22,23)24)16-17(13-6-4-3-5-7-13)28-19(25)29-18(16)31-8-9-32-20(30)26-2/h3-7,10-11H,8-9H2,1-2H3,(H,26,30)(H2,25,28,29). The lowest BCUT2D eigenvalue weighted by Crippen LogP contribution is -2.22. The van der Waals surface area contributed by atoms with Crippen LogP contribution in [-0.4, -0.2) is 41.3 Å². The number of hydrogen-bond donors (Lipinski definition) is 2. The van der Waals surface area contributed by atoms with Gasteiger partial charge in [-0.05, 0) is 24.6 Å². The second-order valence-corrected chi connectivity index (χ2v) is 6.59. The molecule has 32 heavy (non-hydrogen) atoms. The van der Waals surface area contributed by atoms with Gasteiger partial charge in [0.05, 0.1) is 11.3 Å². The number of carbonyl (C=O) groups excluding carboxylic acids is 1. The number of alkyl halides is 3. The van der Waals surface area contributed by atoms with E-state index in [0.717, 1.165) is 6.07 Å². The van der Waals surface area contributed by atoms with Gasteiger partial charge in [-0.3, -0.25) is 0 Å². The molecule has 1 aromatic carbocycles. The lowest BCUT2D eigenvalue weighted by Gasteiger charge is -2.17. The maximum Gasteiger partial charge on any atom is 0.433 e. The number of alkyl carbamates (subject to hydrolysis) is 1. The van der Waals surface area contributed by atoms with Crippen LogP contribution in [0, 0.1) is 6.92 Å². The maximum atomic E-state index is 13.4. The molecule has 0 saturated heterocycles. The average Bonchev–Trinajstić information content (AvgIpc) is 2.75. The second-order valence-electron chi connectivity index (χ2n) is 6.59. The Kier molecular flexibility index (Phi) is 6.76. The van der Waals surface area contributed by atoms with Crippen molar-refractivity contribution in [1.82, 2.24) is 20.3 Å². The number of anilines is 1. The molecule has 2 aromatic heterocycles. The smallest absolute Gasteiger partial charge is 0.433 e. The van der Waals surface area contributed by atoms with Crippen LogP contribution in [0.25, 0.3) is 22.4 Å². The topological polar surface area (TPSA) is 112 Å². The molecule has 0 fully saturated rings. The number of nitrogens with two attached hydrogens (primary N) is 1. The number of nitrogens with one attached hydrogen (secondary N) is 1. The van der Waals surface area contributed by atoms with Crippen molar-refractivity contribution in [3.05, 3.63) is 53.9 Å². The fourth-order valence-electron chi connectivity index (χ4n) is 2.93. The van der Waals surface area contributed by atoms with Crippen molar-refractivity contribution in [2.75, 3.05) is 26.0 Å². The highest BCUT2D eigenvalue weighted by molar-refractivity contribution is 5.85. The lowest BCUT2D eigenvalue weighted by molar-refractivity contribution is -0.141. The zero-order chi connectivity index (χ0) is 23.3. The molecule has 1 amide bonds. The van der Waals surface area contributed by atoms with Crippen molar-refractivity contribution in [1.29, 1.82) is 0 Å². The fourth-order valence-corrected chi connectivity index (χ4v) is 2.93. The SMILES string of the molecule is CNC(=O)OCCOc1nc(N)nc(-c2ccccc2)c1-c1cc(C)nc(C(F)(F)F)c1. The number of nitrogen functional groups attached to an aromatic ring is 1.